The lowest BCUT2D eigenvalue weighted by Crippen LogP contribution is -2.06. The van der Waals surface area contributed by atoms with Crippen LogP contribution in [0, 0.1) is 19.7 Å². The zero-order chi connectivity index (χ0) is 22.4. The first kappa shape index (κ1) is 20.1. The van der Waals surface area contributed by atoms with Gasteiger partial charge in [0.05, 0.1) is 16.8 Å². The van der Waals surface area contributed by atoms with E-state index >= 15 is 0 Å². The van der Waals surface area contributed by atoms with Crippen molar-refractivity contribution >= 4 is 28.4 Å². The molecule has 3 N–H and O–H groups in total. The number of phenols is 1. The Kier molecular flexibility index (Phi) is 4.82. The second-order valence-electron chi connectivity index (χ2n) is 7.58. The molecule has 0 unspecified atom stereocenters. The highest BCUT2D eigenvalue weighted by atomic mass is 32.1. The van der Waals surface area contributed by atoms with Crippen molar-refractivity contribution in [3.8, 4) is 27.4 Å². The van der Waals surface area contributed by atoms with Gasteiger partial charge >= 0.3 is 0 Å². The van der Waals surface area contributed by atoms with Crippen molar-refractivity contribution in [1.29, 1.82) is 0 Å². The number of phenolic OH excluding ortho intramolecular Hbond substituents is 1. The SMILES string of the molecule is Cc1ccc(Cn2nc(-c3cc(O)cc(F)c3)c3c(N)ncnc32)c(-c2ccns2)c1C. The largest absolute Gasteiger partial charge is 0.508 e. The predicted octanol–water partition coefficient (Wildman–Crippen LogP) is 4.71. The van der Waals surface area contributed by atoms with Gasteiger partial charge in [0.25, 0.3) is 0 Å². The van der Waals surface area contributed by atoms with Crippen LogP contribution in [0.1, 0.15) is 16.7 Å². The molecular formula is C23H19FN6OS. The molecule has 0 bridgehead atoms. The summed E-state index contributed by atoms with van der Waals surface area (Å²) in [5, 5.41) is 15.1. The topological polar surface area (TPSA) is 103 Å². The smallest absolute Gasteiger partial charge is 0.164 e. The van der Waals surface area contributed by atoms with Gasteiger partial charge in [0.15, 0.2) is 5.65 Å². The highest BCUT2D eigenvalue weighted by molar-refractivity contribution is 7.09. The molecule has 7 nitrogen and oxygen atoms in total. The summed E-state index contributed by atoms with van der Waals surface area (Å²) in [5.74, 6) is -0.526. The molecule has 0 fully saturated rings. The number of nitrogens with two attached hydrogens (primary N) is 1. The van der Waals surface area contributed by atoms with Gasteiger partial charge in [-0.15, -0.1) is 0 Å². The van der Waals surface area contributed by atoms with E-state index in [1.807, 2.05) is 6.07 Å². The summed E-state index contributed by atoms with van der Waals surface area (Å²) in [5.41, 5.74) is 12.0. The summed E-state index contributed by atoms with van der Waals surface area (Å²) >= 11 is 1.44. The zero-order valence-electron chi connectivity index (χ0n) is 17.4. The van der Waals surface area contributed by atoms with Gasteiger partial charge in [-0.1, -0.05) is 12.1 Å². The lowest BCUT2D eigenvalue weighted by molar-refractivity contribution is 0.469. The second kappa shape index (κ2) is 7.69. The third-order valence-corrected chi connectivity index (χ3v) is 6.31. The first-order valence-electron chi connectivity index (χ1n) is 9.89. The first-order chi connectivity index (χ1) is 15.4. The number of nitrogen functional groups attached to an aromatic ring is 1. The molecule has 0 atom stereocenters. The standard InChI is InChI=1S/C23H19FN6OS/c1-12-3-4-14(19(13(12)2)18-5-6-28-32-18)10-30-23-20(22(25)26-11-27-23)21(29-30)15-7-16(24)9-17(31)8-15/h3-9,11,31H,10H2,1-2H3,(H2,25,26,27). The van der Waals surface area contributed by atoms with E-state index in [0.717, 1.165) is 22.1 Å². The minimum atomic E-state index is -0.570. The number of nitrogens with zero attached hydrogens (tertiary/aromatic N) is 5. The Morgan fingerprint density at radius 2 is 1.97 bits per heavy atom. The van der Waals surface area contributed by atoms with Crippen molar-refractivity contribution in [2.24, 2.45) is 0 Å². The maximum atomic E-state index is 14.0. The van der Waals surface area contributed by atoms with Gasteiger partial charge in [0.2, 0.25) is 0 Å². The van der Waals surface area contributed by atoms with Gasteiger partial charge in [-0.3, -0.25) is 0 Å². The molecule has 0 radical (unpaired) electrons. The molecule has 0 saturated heterocycles. The van der Waals surface area contributed by atoms with Crippen LogP contribution < -0.4 is 5.73 Å². The molecule has 9 heteroatoms. The Morgan fingerprint density at radius 3 is 2.72 bits per heavy atom. The van der Waals surface area contributed by atoms with E-state index in [1.165, 1.54) is 41.1 Å². The highest BCUT2D eigenvalue weighted by Gasteiger charge is 2.20. The van der Waals surface area contributed by atoms with E-state index in [1.54, 1.807) is 10.9 Å². The number of hydrogen-bond acceptors (Lipinski definition) is 7. The van der Waals surface area contributed by atoms with Crippen LogP contribution in [0.15, 0.2) is 48.9 Å². The minimum absolute atomic E-state index is 0.195. The molecule has 0 spiro atoms. The molecule has 0 aliphatic rings. The summed E-state index contributed by atoms with van der Waals surface area (Å²) < 4.78 is 20.0. The van der Waals surface area contributed by atoms with Gasteiger partial charge in [-0.25, -0.2) is 23.4 Å². The number of aryl methyl sites for hydroxylation is 1. The number of aromatic nitrogens is 5. The quantitative estimate of drug-likeness (QED) is 0.415. The normalized spacial score (nSPS) is 11.3. The van der Waals surface area contributed by atoms with Gasteiger partial charge in [-0.05, 0) is 60.3 Å². The van der Waals surface area contributed by atoms with Crippen molar-refractivity contribution in [3.63, 3.8) is 0 Å². The number of hydrogen-bond donors (Lipinski definition) is 2. The number of anilines is 1. The monoisotopic (exact) mass is 446 g/mol. The molecule has 3 aromatic heterocycles. The number of benzene rings is 2. The molecule has 32 heavy (non-hydrogen) atoms. The molecule has 0 aliphatic carbocycles. The zero-order valence-corrected chi connectivity index (χ0v) is 18.2. The van der Waals surface area contributed by atoms with E-state index in [-0.39, 0.29) is 11.6 Å². The van der Waals surface area contributed by atoms with Gasteiger partial charge < -0.3 is 10.8 Å². The number of halogens is 1. The van der Waals surface area contributed by atoms with Crippen molar-refractivity contribution < 1.29 is 9.50 Å². The van der Waals surface area contributed by atoms with Crippen molar-refractivity contribution in [2.45, 2.75) is 20.4 Å². The molecule has 5 aromatic rings. The van der Waals surface area contributed by atoms with Crippen molar-refractivity contribution in [2.75, 3.05) is 5.73 Å². The van der Waals surface area contributed by atoms with Crippen LogP contribution in [0.25, 0.3) is 32.7 Å². The molecule has 0 amide bonds. The average Bonchev–Trinajstić information content (AvgIpc) is 3.40. The average molecular weight is 447 g/mol. The fourth-order valence-electron chi connectivity index (χ4n) is 3.91. The lowest BCUT2D eigenvalue weighted by Gasteiger charge is -2.14. The van der Waals surface area contributed by atoms with Gasteiger partial charge in [0, 0.05) is 23.4 Å². The maximum absolute atomic E-state index is 14.0. The Morgan fingerprint density at radius 1 is 1.12 bits per heavy atom. The fraction of sp³-hybridized carbons (Fsp3) is 0.130. The van der Waals surface area contributed by atoms with Crippen LogP contribution in [0.3, 0.4) is 0 Å². The van der Waals surface area contributed by atoms with Crippen molar-refractivity contribution in [3.05, 3.63) is 71.4 Å². The highest BCUT2D eigenvalue weighted by Crippen LogP contribution is 2.35. The van der Waals surface area contributed by atoms with Crippen LogP contribution in [0.2, 0.25) is 0 Å². The third-order valence-electron chi connectivity index (χ3n) is 5.54. The van der Waals surface area contributed by atoms with E-state index in [0.29, 0.717) is 28.8 Å². The molecule has 0 saturated carbocycles. The van der Waals surface area contributed by atoms with E-state index < -0.39 is 5.82 Å². The molecule has 5 rings (SSSR count). The second-order valence-corrected chi connectivity index (χ2v) is 8.41. The number of rotatable bonds is 4. The summed E-state index contributed by atoms with van der Waals surface area (Å²) in [6.07, 6.45) is 3.17. The third kappa shape index (κ3) is 3.36. The Balaban J connectivity index is 1.71. The molecule has 160 valence electrons. The Hall–Kier alpha value is -3.85. The molecular weight excluding hydrogens is 427 g/mol. The van der Waals surface area contributed by atoms with E-state index in [2.05, 4.69) is 40.3 Å². The van der Waals surface area contributed by atoms with Crippen LogP contribution in [0.5, 0.6) is 5.75 Å². The van der Waals surface area contributed by atoms with Crippen molar-refractivity contribution in [1.82, 2.24) is 24.1 Å². The number of aromatic hydroxyl groups is 1. The summed E-state index contributed by atoms with van der Waals surface area (Å²) in [6.45, 7) is 4.59. The van der Waals surface area contributed by atoms with E-state index in [9.17, 15) is 9.50 Å². The Bertz CT molecular complexity index is 1440. The van der Waals surface area contributed by atoms with Crippen LogP contribution in [0.4, 0.5) is 10.2 Å². The molecule has 2 aromatic carbocycles. The number of fused-ring (bicyclic) bond motifs is 1. The fourth-order valence-corrected chi connectivity index (χ4v) is 4.64. The minimum Gasteiger partial charge on any atom is -0.508 e. The molecule has 0 aliphatic heterocycles. The molecule has 3 heterocycles. The van der Waals surface area contributed by atoms with Crippen LogP contribution in [-0.4, -0.2) is 29.2 Å². The van der Waals surface area contributed by atoms with Gasteiger partial charge in [-0.2, -0.15) is 5.10 Å². The maximum Gasteiger partial charge on any atom is 0.164 e. The van der Waals surface area contributed by atoms with Crippen LogP contribution >= 0.6 is 11.5 Å². The van der Waals surface area contributed by atoms with Crippen LogP contribution in [-0.2, 0) is 6.54 Å². The van der Waals surface area contributed by atoms with E-state index in [4.69, 9.17) is 10.8 Å². The predicted molar refractivity (Wildman–Crippen MR) is 123 cm³/mol. The first-order valence-corrected chi connectivity index (χ1v) is 10.7. The van der Waals surface area contributed by atoms with Gasteiger partial charge in [0.1, 0.15) is 29.4 Å². The summed E-state index contributed by atoms with van der Waals surface area (Å²) in [4.78, 5) is 9.57. The summed E-state index contributed by atoms with van der Waals surface area (Å²) in [7, 11) is 0. The Labute approximate surface area is 187 Å². The lowest BCUT2D eigenvalue weighted by atomic mass is 9.96. The summed E-state index contributed by atoms with van der Waals surface area (Å²) in [6, 6.07) is 9.94.